The molecule has 19 heavy (non-hydrogen) atoms. The summed E-state index contributed by atoms with van der Waals surface area (Å²) in [5, 5.41) is 7.74. The Morgan fingerprint density at radius 3 is 2.58 bits per heavy atom. The zero-order valence-electron chi connectivity index (χ0n) is 10.2. The lowest BCUT2D eigenvalue weighted by Gasteiger charge is -1.98. The van der Waals surface area contributed by atoms with Gasteiger partial charge in [-0.1, -0.05) is 48.6 Å². The number of rotatable bonds is 2. The third kappa shape index (κ3) is 2.45. The summed E-state index contributed by atoms with van der Waals surface area (Å²) in [6, 6.07) is 15.8. The van der Waals surface area contributed by atoms with Gasteiger partial charge < -0.3 is 0 Å². The second-order valence-corrected chi connectivity index (χ2v) is 4.29. The molecule has 0 bridgehead atoms. The summed E-state index contributed by atoms with van der Waals surface area (Å²) in [4.78, 5) is 11.5. The van der Waals surface area contributed by atoms with Crippen LogP contribution in [0.5, 0.6) is 0 Å². The molecular weight excluding hydrogens is 236 g/mol. The minimum absolute atomic E-state index is 0.156. The first kappa shape index (κ1) is 11.4. The van der Waals surface area contributed by atoms with Crippen LogP contribution in [0.4, 0.5) is 0 Å². The molecule has 0 aliphatic rings. The summed E-state index contributed by atoms with van der Waals surface area (Å²) in [5.74, 6) is 0. The largest absolute Gasteiger partial charge is 0.272 e. The molecule has 0 spiro atoms. The van der Waals surface area contributed by atoms with E-state index in [1.807, 2.05) is 60.7 Å². The molecule has 0 fully saturated rings. The van der Waals surface area contributed by atoms with Crippen molar-refractivity contribution < 1.29 is 0 Å². The van der Waals surface area contributed by atoms with Gasteiger partial charge in [-0.05, 0) is 23.3 Å². The highest BCUT2D eigenvalue weighted by molar-refractivity contribution is 5.84. The molecule has 0 radical (unpaired) electrons. The zero-order valence-corrected chi connectivity index (χ0v) is 10.2. The van der Waals surface area contributed by atoms with Gasteiger partial charge in [0.2, 0.25) is 0 Å². The molecule has 0 saturated heterocycles. The van der Waals surface area contributed by atoms with Gasteiger partial charge in [0, 0.05) is 5.39 Å². The quantitative estimate of drug-likeness (QED) is 0.708. The van der Waals surface area contributed by atoms with Gasteiger partial charge in [-0.15, -0.1) is 0 Å². The average Bonchev–Trinajstić information content (AvgIpc) is 2.46. The normalized spacial score (nSPS) is 11.2. The Hall–Kier alpha value is -2.68. The SMILES string of the molecule is O=c1[nH]ncc2cc(C=Cc3ccccc3)ccc12. The van der Waals surface area contributed by atoms with Gasteiger partial charge in [-0.25, -0.2) is 5.10 Å². The Morgan fingerprint density at radius 1 is 0.947 bits per heavy atom. The highest BCUT2D eigenvalue weighted by atomic mass is 16.1. The molecule has 0 unspecified atom stereocenters. The Labute approximate surface area is 110 Å². The molecule has 1 N–H and O–H groups in total. The van der Waals surface area contributed by atoms with Crippen LogP contribution in [-0.2, 0) is 0 Å². The van der Waals surface area contributed by atoms with Crippen molar-refractivity contribution in [1.82, 2.24) is 10.2 Å². The summed E-state index contributed by atoms with van der Waals surface area (Å²) in [6.45, 7) is 0. The van der Waals surface area contributed by atoms with Crippen molar-refractivity contribution in [3.05, 3.63) is 76.2 Å². The maximum absolute atomic E-state index is 11.5. The molecule has 3 nitrogen and oxygen atoms in total. The van der Waals surface area contributed by atoms with E-state index in [9.17, 15) is 4.79 Å². The average molecular weight is 248 g/mol. The van der Waals surface area contributed by atoms with Crippen molar-refractivity contribution in [2.24, 2.45) is 0 Å². The second kappa shape index (κ2) is 4.90. The maximum atomic E-state index is 11.5. The Morgan fingerprint density at radius 2 is 1.74 bits per heavy atom. The predicted molar refractivity (Wildman–Crippen MR) is 77.7 cm³/mol. The van der Waals surface area contributed by atoms with Crippen LogP contribution >= 0.6 is 0 Å². The molecule has 0 saturated carbocycles. The number of nitrogens with zero attached hydrogens (tertiary/aromatic N) is 1. The van der Waals surface area contributed by atoms with Crippen molar-refractivity contribution in [3.63, 3.8) is 0 Å². The summed E-state index contributed by atoms with van der Waals surface area (Å²) in [7, 11) is 0. The van der Waals surface area contributed by atoms with E-state index in [-0.39, 0.29) is 5.56 Å². The van der Waals surface area contributed by atoms with Gasteiger partial charge in [0.15, 0.2) is 0 Å². The molecule has 1 aromatic heterocycles. The fraction of sp³-hybridized carbons (Fsp3) is 0. The van der Waals surface area contributed by atoms with Crippen LogP contribution < -0.4 is 5.56 Å². The number of hydrogen-bond acceptors (Lipinski definition) is 2. The Bertz CT molecular complexity index is 788. The molecule has 3 aromatic rings. The third-order valence-electron chi connectivity index (χ3n) is 2.96. The number of fused-ring (bicyclic) bond motifs is 1. The topological polar surface area (TPSA) is 45.8 Å². The minimum Gasteiger partial charge on any atom is -0.267 e. The number of hydrogen-bond donors (Lipinski definition) is 1. The molecule has 92 valence electrons. The molecule has 1 heterocycles. The number of H-pyrrole nitrogens is 1. The van der Waals surface area contributed by atoms with E-state index in [1.165, 1.54) is 0 Å². The molecule has 0 amide bonds. The standard InChI is InChI=1S/C16H12N2O/c19-16-15-9-8-13(10-14(15)11-17-18-16)7-6-12-4-2-1-3-5-12/h1-11H,(H,18,19). The Balaban J connectivity index is 1.98. The second-order valence-electron chi connectivity index (χ2n) is 4.29. The summed E-state index contributed by atoms with van der Waals surface area (Å²) >= 11 is 0. The van der Waals surface area contributed by atoms with E-state index in [0.717, 1.165) is 16.5 Å². The van der Waals surface area contributed by atoms with E-state index in [0.29, 0.717) is 5.39 Å². The summed E-state index contributed by atoms with van der Waals surface area (Å²) in [6.07, 6.45) is 5.73. The third-order valence-corrected chi connectivity index (χ3v) is 2.96. The van der Waals surface area contributed by atoms with E-state index in [1.54, 1.807) is 6.20 Å². The molecule has 3 heteroatoms. The molecule has 2 aromatic carbocycles. The first-order chi connectivity index (χ1) is 9.33. The smallest absolute Gasteiger partial charge is 0.267 e. The number of benzene rings is 2. The predicted octanol–water partition coefficient (Wildman–Crippen LogP) is 3.09. The van der Waals surface area contributed by atoms with E-state index < -0.39 is 0 Å². The number of nitrogens with one attached hydrogen (secondary N) is 1. The van der Waals surface area contributed by atoms with Crippen molar-refractivity contribution in [2.75, 3.05) is 0 Å². The fourth-order valence-corrected chi connectivity index (χ4v) is 1.98. The highest BCUT2D eigenvalue weighted by Crippen LogP contribution is 2.13. The fourth-order valence-electron chi connectivity index (χ4n) is 1.98. The lowest BCUT2D eigenvalue weighted by atomic mass is 10.1. The summed E-state index contributed by atoms with van der Waals surface area (Å²) < 4.78 is 0. The van der Waals surface area contributed by atoms with Crippen LogP contribution in [0.15, 0.2) is 59.5 Å². The van der Waals surface area contributed by atoms with E-state index >= 15 is 0 Å². The van der Waals surface area contributed by atoms with E-state index in [2.05, 4.69) is 10.2 Å². The van der Waals surface area contributed by atoms with Crippen LogP contribution in [-0.4, -0.2) is 10.2 Å². The zero-order chi connectivity index (χ0) is 13.1. The molecule has 3 rings (SSSR count). The van der Waals surface area contributed by atoms with Gasteiger partial charge in [-0.2, -0.15) is 5.10 Å². The summed E-state index contributed by atoms with van der Waals surface area (Å²) in [5.41, 5.74) is 2.03. The van der Waals surface area contributed by atoms with Gasteiger partial charge in [-0.3, -0.25) is 4.79 Å². The van der Waals surface area contributed by atoms with Crippen molar-refractivity contribution in [2.45, 2.75) is 0 Å². The van der Waals surface area contributed by atoms with Crippen LogP contribution in [0.1, 0.15) is 11.1 Å². The molecular formula is C16H12N2O. The van der Waals surface area contributed by atoms with Gasteiger partial charge in [0.05, 0.1) is 11.6 Å². The first-order valence-corrected chi connectivity index (χ1v) is 6.03. The number of aromatic amines is 1. The minimum atomic E-state index is -0.156. The monoisotopic (exact) mass is 248 g/mol. The Kier molecular flexibility index (Phi) is 2.94. The van der Waals surface area contributed by atoms with Crippen LogP contribution in [0.3, 0.4) is 0 Å². The molecule has 0 atom stereocenters. The highest BCUT2D eigenvalue weighted by Gasteiger charge is 1.98. The van der Waals surface area contributed by atoms with Crippen LogP contribution in [0, 0.1) is 0 Å². The number of aromatic nitrogens is 2. The lowest BCUT2D eigenvalue weighted by Crippen LogP contribution is -2.06. The molecule has 0 aliphatic carbocycles. The van der Waals surface area contributed by atoms with Crippen LogP contribution in [0.25, 0.3) is 22.9 Å². The van der Waals surface area contributed by atoms with Crippen molar-refractivity contribution in [1.29, 1.82) is 0 Å². The maximum Gasteiger partial charge on any atom is 0.272 e. The first-order valence-electron chi connectivity index (χ1n) is 6.03. The molecule has 0 aliphatic heterocycles. The van der Waals surface area contributed by atoms with Crippen LogP contribution in [0.2, 0.25) is 0 Å². The lowest BCUT2D eigenvalue weighted by molar-refractivity contribution is 1.01. The van der Waals surface area contributed by atoms with Gasteiger partial charge >= 0.3 is 0 Å². The van der Waals surface area contributed by atoms with Gasteiger partial charge in [0.1, 0.15) is 0 Å². The van der Waals surface area contributed by atoms with Crippen molar-refractivity contribution in [3.8, 4) is 0 Å². The van der Waals surface area contributed by atoms with Gasteiger partial charge in [0.25, 0.3) is 5.56 Å². The van der Waals surface area contributed by atoms with E-state index in [4.69, 9.17) is 0 Å². The van der Waals surface area contributed by atoms with Crippen molar-refractivity contribution >= 4 is 22.9 Å².